The van der Waals surface area contributed by atoms with E-state index in [4.69, 9.17) is 0 Å². The fourth-order valence-electron chi connectivity index (χ4n) is 2.06. The first-order valence-electron chi connectivity index (χ1n) is 6.27. The molecular weight excluding hydrogens is 267 g/mol. The number of hydrogen-bond donors (Lipinski definition) is 0. The minimum atomic E-state index is -0.340. The largest absolute Gasteiger partial charge is 0.311 e. The maximum Gasteiger partial charge on any atom is 0.250 e. The molecule has 21 heavy (non-hydrogen) atoms. The zero-order valence-electron chi connectivity index (χ0n) is 11.5. The highest BCUT2D eigenvalue weighted by Crippen LogP contribution is 2.30. The van der Waals surface area contributed by atoms with Crippen molar-refractivity contribution < 1.29 is 9.18 Å². The predicted octanol–water partition coefficient (Wildman–Crippen LogP) is 3.51. The highest BCUT2D eigenvalue weighted by atomic mass is 19.1. The van der Waals surface area contributed by atoms with Crippen molar-refractivity contribution in [3.05, 3.63) is 66.5 Å². The monoisotopic (exact) mass is 280 g/mol. The summed E-state index contributed by atoms with van der Waals surface area (Å²) in [6.45, 7) is 3.44. The molecule has 0 fully saturated rings. The van der Waals surface area contributed by atoms with E-state index in [2.05, 4.69) is 12.6 Å². The van der Waals surface area contributed by atoms with Crippen LogP contribution >= 0.6 is 0 Å². The van der Waals surface area contributed by atoms with E-state index in [1.165, 1.54) is 23.1 Å². The van der Waals surface area contributed by atoms with Gasteiger partial charge in [0.15, 0.2) is 0 Å². The van der Waals surface area contributed by atoms with Crippen LogP contribution in [-0.4, -0.2) is 13.0 Å². The quantitative estimate of drug-likeness (QED) is 0.807. The molecule has 2 aromatic rings. The maximum atomic E-state index is 13.0. The summed E-state index contributed by atoms with van der Waals surface area (Å²) in [5.41, 5.74) is 2.22. The Bertz CT molecular complexity index is 729. The van der Waals surface area contributed by atoms with Crippen LogP contribution in [0.1, 0.15) is 5.56 Å². The van der Waals surface area contributed by atoms with Crippen LogP contribution in [0.15, 0.2) is 55.1 Å². The lowest BCUT2D eigenvalue weighted by atomic mass is 9.98. The van der Waals surface area contributed by atoms with E-state index in [1.807, 2.05) is 0 Å². The lowest BCUT2D eigenvalue weighted by Gasteiger charge is -2.18. The molecule has 0 N–H and O–H groups in total. The summed E-state index contributed by atoms with van der Waals surface area (Å²) >= 11 is 0. The Morgan fingerprint density at radius 3 is 2.52 bits per heavy atom. The Hall–Kier alpha value is -2.93. The molecule has 1 amide bonds. The molecule has 0 atom stereocenters. The summed E-state index contributed by atoms with van der Waals surface area (Å²) in [5.74, 6) is -0.643. The van der Waals surface area contributed by atoms with Crippen molar-refractivity contribution >= 4 is 11.6 Å². The lowest BCUT2D eigenvalue weighted by molar-refractivity contribution is -0.113. The van der Waals surface area contributed by atoms with Crippen molar-refractivity contribution in [2.45, 2.75) is 0 Å². The molecule has 104 valence electrons. The van der Waals surface area contributed by atoms with Gasteiger partial charge in [0.25, 0.3) is 0 Å². The van der Waals surface area contributed by atoms with Gasteiger partial charge in [-0.2, -0.15) is 5.26 Å². The minimum absolute atomic E-state index is 0.303. The fourth-order valence-corrected chi connectivity index (χ4v) is 2.06. The summed E-state index contributed by atoms with van der Waals surface area (Å²) < 4.78 is 13.0. The van der Waals surface area contributed by atoms with Gasteiger partial charge in [-0.15, -0.1) is 0 Å². The molecule has 2 rings (SSSR count). The molecule has 0 spiro atoms. The van der Waals surface area contributed by atoms with Crippen LogP contribution in [0.3, 0.4) is 0 Å². The van der Waals surface area contributed by atoms with Crippen molar-refractivity contribution in [3.63, 3.8) is 0 Å². The van der Waals surface area contributed by atoms with Crippen molar-refractivity contribution in [2.75, 3.05) is 11.9 Å². The number of halogens is 1. The van der Waals surface area contributed by atoms with Gasteiger partial charge in [-0.05, 0) is 29.8 Å². The highest BCUT2D eigenvalue weighted by Gasteiger charge is 2.15. The first-order chi connectivity index (χ1) is 10.1. The average Bonchev–Trinajstić information content (AvgIpc) is 2.53. The standard InChI is InChI=1S/C17H13FN2O/c1-3-17(21)20(2)16-6-4-5-14(15(16)11-19)12-7-9-13(18)10-8-12/h3-10H,1H2,2H3. The molecule has 0 aliphatic carbocycles. The van der Waals surface area contributed by atoms with Crippen LogP contribution in [0, 0.1) is 17.1 Å². The molecule has 0 radical (unpaired) electrons. The van der Waals surface area contributed by atoms with Gasteiger partial charge < -0.3 is 4.90 Å². The van der Waals surface area contributed by atoms with E-state index in [0.29, 0.717) is 22.4 Å². The van der Waals surface area contributed by atoms with Crippen LogP contribution in [0.4, 0.5) is 10.1 Å². The number of likely N-dealkylation sites (N-methyl/N-ethyl adjacent to an activating group) is 1. The van der Waals surface area contributed by atoms with Gasteiger partial charge in [0.1, 0.15) is 11.9 Å². The molecule has 2 aromatic carbocycles. The number of hydrogen-bond acceptors (Lipinski definition) is 2. The number of carbonyl (C=O) groups excluding carboxylic acids is 1. The first kappa shape index (κ1) is 14.5. The molecule has 3 nitrogen and oxygen atoms in total. The molecule has 0 saturated heterocycles. The SMILES string of the molecule is C=CC(=O)N(C)c1cccc(-c2ccc(F)cc2)c1C#N. The van der Waals surface area contributed by atoms with Gasteiger partial charge in [0.2, 0.25) is 5.91 Å². The van der Waals surface area contributed by atoms with Crippen LogP contribution in [0.2, 0.25) is 0 Å². The highest BCUT2D eigenvalue weighted by molar-refractivity contribution is 6.02. The lowest BCUT2D eigenvalue weighted by Crippen LogP contribution is -2.24. The Labute approximate surface area is 122 Å². The van der Waals surface area contributed by atoms with Gasteiger partial charge in [-0.1, -0.05) is 30.8 Å². The number of rotatable bonds is 3. The Balaban J connectivity index is 2.59. The Kier molecular flexibility index (Phi) is 4.15. The molecule has 0 aliphatic rings. The van der Waals surface area contributed by atoms with E-state index in [-0.39, 0.29) is 11.7 Å². The van der Waals surface area contributed by atoms with E-state index in [9.17, 15) is 14.4 Å². The van der Waals surface area contributed by atoms with Gasteiger partial charge >= 0.3 is 0 Å². The van der Waals surface area contributed by atoms with Crippen molar-refractivity contribution in [1.82, 2.24) is 0 Å². The molecular formula is C17H13FN2O. The molecule has 0 aromatic heterocycles. The summed E-state index contributed by atoms with van der Waals surface area (Å²) in [6.07, 6.45) is 1.19. The van der Waals surface area contributed by atoms with Gasteiger partial charge in [0.05, 0.1) is 11.3 Å². The van der Waals surface area contributed by atoms with Crippen LogP contribution < -0.4 is 4.90 Å². The molecule has 0 aliphatic heterocycles. The third-order valence-electron chi connectivity index (χ3n) is 3.18. The third-order valence-corrected chi connectivity index (χ3v) is 3.18. The second-order valence-electron chi connectivity index (χ2n) is 4.42. The topological polar surface area (TPSA) is 44.1 Å². The van der Waals surface area contributed by atoms with E-state index in [1.54, 1.807) is 37.4 Å². The van der Waals surface area contributed by atoms with Crippen molar-refractivity contribution in [1.29, 1.82) is 5.26 Å². The smallest absolute Gasteiger partial charge is 0.250 e. The van der Waals surface area contributed by atoms with Gasteiger partial charge in [0, 0.05) is 12.6 Å². The number of anilines is 1. The maximum absolute atomic E-state index is 13.0. The van der Waals surface area contributed by atoms with Crippen molar-refractivity contribution in [2.24, 2.45) is 0 Å². The first-order valence-corrected chi connectivity index (χ1v) is 6.27. The molecule has 0 saturated carbocycles. The van der Waals surface area contributed by atoms with E-state index >= 15 is 0 Å². The molecule has 4 heteroatoms. The zero-order chi connectivity index (χ0) is 15.4. The second-order valence-corrected chi connectivity index (χ2v) is 4.42. The van der Waals surface area contributed by atoms with Gasteiger partial charge in [-0.25, -0.2) is 4.39 Å². The van der Waals surface area contributed by atoms with Crippen molar-refractivity contribution in [3.8, 4) is 17.2 Å². The van der Waals surface area contributed by atoms with Crippen LogP contribution in [-0.2, 0) is 4.79 Å². The Morgan fingerprint density at radius 2 is 1.95 bits per heavy atom. The fraction of sp³-hybridized carbons (Fsp3) is 0.0588. The molecule has 0 unspecified atom stereocenters. The number of nitrogens with zero attached hydrogens (tertiary/aromatic N) is 2. The van der Waals surface area contributed by atoms with E-state index < -0.39 is 0 Å². The number of nitriles is 1. The third kappa shape index (κ3) is 2.82. The summed E-state index contributed by atoms with van der Waals surface area (Å²) in [7, 11) is 1.58. The summed E-state index contributed by atoms with van der Waals surface area (Å²) in [6, 6.07) is 13.2. The zero-order valence-corrected chi connectivity index (χ0v) is 11.5. The molecule has 0 bridgehead atoms. The molecule has 0 heterocycles. The predicted molar refractivity (Wildman–Crippen MR) is 80.2 cm³/mol. The minimum Gasteiger partial charge on any atom is -0.311 e. The number of amides is 1. The summed E-state index contributed by atoms with van der Waals surface area (Å²) in [5, 5.41) is 9.43. The average molecular weight is 280 g/mol. The number of benzene rings is 2. The van der Waals surface area contributed by atoms with E-state index in [0.717, 1.165) is 0 Å². The van der Waals surface area contributed by atoms with Crippen LogP contribution in [0.5, 0.6) is 0 Å². The summed E-state index contributed by atoms with van der Waals surface area (Å²) in [4.78, 5) is 13.1. The number of carbonyl (C=O) groups is 1. The van der Waals surface area contributed by atoms with Gasteiger partial charge in [-0.3, -0.25) is 4.79 Å². The van der Waals surface area contributed by atoms with Crippen LogP contribution in [0.25, 0.3) is 11.1 Å². The second kappa shape index (κ2) is 6.02. The normalized spacial score (nSPS) is 9.76. The Morgan fingerprint density at radius 1 is 1.29 bits per heavy atom.